The summed E-state index contributed by atoms with van der Waals surface area (Å²) >= 11 is 1.69. The van der Waals surface area contributed by atoms with Gasteiger partial charge in [-0.25, -0.2) is 4.98 Å². The Bertz CT molecular complexity index is 2020. The molecule has 0 fully saturated rings. The molecule has 3 aromatic carbocycles. The molecule has 7 rings (SSSR count). The molecule has 4 heterocycles. The maximum absolute atomic E-state index is 7.23. The number of thiazole rings is 1. The molecule has 0 saturated heterocycles. The second-order valence-corrected chi connectivity index (χ2v) is 10.3. The molecule has 0 aliphatic carbocycles. The summed E-state index contributed by atoms with van der Waals surface area (Å²) in [7, 11) is 0. The molecule has 0 unspecified atom stereocenters. The average molecular weight is 707 g/mol. The minimum atomic E-state index is -2.09. The van der Waals surface area contributed by atoms with Gasteiger partial charge in [-0.3, -0.25) is 0 Å². The first-order chi connectivity index (χ1) is 19.7. The minimum Gasteiger partial charge on any atom is -0.498 e. The van der Waals surface area contributed by atoms with Gasteiger partial charge in [0.15, 0.2) is 0 Å². The van der Waals surface area contributed by atoms with E-state index in [4.69, 9.17) is 8.53 Å². The molecule has 0 saturated carbocycles. The van der Waals surface area contributed by atoms with Gasteiger partial charge in [-0.15, -0.1) is 65.4 Å². The quantitative estimate of drug-likeness (QED) is 0.169. The Hall–Kier alpha value is -3.70. The Morgan fingerprint density at radius 3 is 2.41 bits per heavy atom. The van der Waals surface area contributed by atoms with Crippen molar-refractivity contribution in [2.24, 2.45) is 0 Å². The van der Waals surface area contributed by atoms with E-state index in [1.165, 1.54) is 17.3 Å². The molecule has 6 heteroatoms. The molecule has 0 aliphatic rings. The predicted molar refractivity (Wildman–Crippen MR) is 156 cm³/mol. The van der Waals surface area contributed by atoms with Crippen molar-refractivity contribution >= 4 is 43.5 Å². The largest absolute Gasteiger partial charge is 0.498 e. The molecule has 7 aromatic rings. The van der Waals surface area contributed by atoms with Crippen molar-refractivity contribution in [2.75, 3.05) is 0 Å². The van der Waals surface area contributed by atoms with Gasteiger partial charge in [-0.1, -0.05) is 40.8 Å². The van der Waals surface area contributed by atoms with E-state index in [1.807, 2.05) is 37.4 Å². The standard InChI is InChI=1S/C21H15N2OS.C12H10N.Ir/c1-11-9-17(22-10-12(11)2)16-6-4-5-14-15-7-8-18-19(23-13(3)25-18)21(15)24-20(14)16;1-10-7-8-12(13-9-10)11-5-3-2-4-6-11;/h4-5,7-10H,1-3H3;2-5,7-9H,1H3;/q2*-1;/i;1D3;. The third kappa shape index (κ3) is 5.28. The van der Waals surface area contributed by atoms with Crippen LogP contribution >= 0.6 is 11.3 Å². The van der Waals surface area contributed by atoms with Gasteiger partial charge in [0, 0.05) is 42.0 Å². The van der Waals surface area contributed by atoms with Crippen LogP contribution in [0.4, 0.5) is 0 Å². The molecule has 0 atom stereocenters. The number of pyridine rings is 2. The molecule has 0 N–H and O–H groups in total. The van der Waals surface area contributed by atoms with Crippen molar-refractivity contribution in [2.45, 2.75) is 27.6 Å². The van der Waals surface area contributed by atoms with Crippen LogP contribution in [0.3, 0.4) is 0 Å². The molecule has 4 nitrogen and oxygen atoms in total. The summed E-state index contributed by atoms with van der Waals surface area (Å²) in [6.07, 6.45) is 3.30. The molecular weight excluding hydrogens is 679 g/mol. The van der Waals surface area contributed by atoms with Gasteiger partial charge in [-0.2, -0.15) is 0 Å². The maximum Gasteiger partial charge on any atom is 0.148 e. The Morgan fingerprint density at radius 2 is 1.67 bits per heavy atom. The van der Waals surface area contributed by atoms with Crippen LogP contribution in [0, 0.1) is 39.8 Å². The molecule has 0 spiro atoms. The summed E-state index contributed by atoms with van der Waals surface area (Å²) in [5.74, 6) is 0. The molecular formula is C33H25IrN3OS-2. The first kappa shape index (κ1) is 23.2. The number of nitrogens with zero attached hydrogens (tertiary/aromatic N) is 3. The van der Waals surface area contributed by atoms with Gasteiger partial charge >= 0.3 is 0 Å². The van der Waals surface area contributed by atoms with Crippen molar-refractivity contribution < 1.29 is 28.6 Å². The van der Waals surface area contributed by atoms with Crippen LogP contribution in [0.2, 0.25) is 0 Å². The summed E-state index contributed by atoms with van der Waals surface area (Å²) in [6, 6.07) is 27.4. The zero-order chi connectivity index (χ0) is 28.7. The molecule has 1 radical (unpaired) electrons. The summed E-state index contributed by atoms with van der Waals surface area (Å²) in [6.45, 7) is 4.10. The fourth-order valence-electron chi connectivity index (χ4n) is 4.36. The molecule has 0 aliphatic heterocycles. The number of benzene rings is 3. The summed E-state index contributed by atoms with van der Waals surface area (Å²) < 4.78 is 29.2. The first-order valence-corrected chi connectivity index (χ1v) is 13.0. The van der Waals surface area contributed by atoms with Gasteiger partial charge in [0.2, 0.25) is 0 Å². The first-order valence-electron chi connectivity index (χ1n) is 13.7. The maximum atomic E-state index is 7.23. The molecule has 195 valence electrons. The van der Waals surface area contributed by atoms with Gasteiger partial charge in [-0.05, 0) is 56.2 Å². The van der Waals surface area contributed by atoms with Crippen molar-refractivity contribution in [3.63, 3.8) is 0 Å². The van der Waals surface area contributed by atoms with Crippen LogP contribution in [0.5, 0.6) is 0 Å². The molecule has 4 aromatic heterocycles. The van der Waals surface area contributed by atoms with Crippen LogP contribution in [0.1, 0.15) is 25.8 Å². The van der Waals surface area contributed by atoms with Crippen molar-refractivity contribution in [3.8, 4) is 22.5 Å². The van der Waals surface area contributed by atoms with Crippen LogP contribution in [-0.4, -0.2) is 15.0 Å². The zero-order valence-electron chi connectivity index (χ0n) is 24.5. The fraction of sp³-hybridized carbons (Fsp3) is 0.121. The van der Waals surface area contributed by atoms with E-state index in [0.717, 1.165) is 59.7 Å². The Balaban J connectivity index is 0.000000181. The number of aromatic nitrogens is 3. The number of hydrogen-bond acceptors (Lipinski definition) is 5. The van der Waals surface area contributed by atoms with Crippen molar-refractivity contribution in [1.29, 1.82) is 0 Å². The normalized spacial score (nSPS) is 12.3. The molecule has 39 heavy (non-hydrogen) atoms. The third-order valence-electron chi connectivity index (χ3n) is 6.44. The van der Waals surface area contributed by atoms with E-state index in [0.29, 0.717) is 0 Å². The number of rotatable bonds is 2. The van der Waals surface area contributed by atoms with E-state index < -0.39 is 6.85 Å². The van der Waals surface area contributed by atoms with E-state index in [-0.39, 0.29) is 25.7 Å². The van der Waals surface area contributed by atoms with Crippen molar-refractivity contribution in [1.82, 2.24) is 15.0 Å². The second-order valence-electron chi connectivity index (χ2n) is 9.08. The van der Waals surface area contributed by atoms with E-state index in [1.54, 1.807) is 29.5 Å². The smallest absolute Gasteiger partial charge is 0.148 e. The Morgan fingerprint density at radius 1 is 0.821 bits per heavy atom. The summed E-state index contributed by atoms with van der Waals surface area (Å²) in [5.41, 5.74) is 8.64. The van der Waals surface area contributed by atoms with Crippen molar-refractivity contribution in [3.05, 3.63) is 113 Å². The number of aryl methyl sites for hydroxylation is 4. The van der Waals surface area contributed by atoms with E-state index in [9.17, 15) is 0 Å². The van der Waals surface area contributed by atoms with Gasteiger partial charge < -0.3 is 14.4 Å². The van der Waals surface area contributed by atoms with Crippen LogP contribution in [-0.2, 0) is 20.1 Å². The monoisotopic (exact) mass is 707 g/mol. The number of furan rings is 1. The van der Waals surface area contributed by atoms with E-state index >= 15 is 0 Å². The summed E-state index contributed by atoms with van der Waals surface area (Å²) in [5, 5.41) is 3.22. The topological polar surface area (TPSA) is 51.8 Å². The van der Waals surface area contributed by atoms with Gasteiger partial charge in [0.05, 0.1) is 15.3 Å². The third-order valence-corrected chi connectivity index (χ3v) is 7.38. The van der Waals surface area contributed by atoms with E-state index in [2.05, 4.69) is 65.2 Å². The van der Waals surface area contributed by atoms with Crippen LogP contribution < -0.4 is 0 Å². The predicted octanol–water partition coefficient (Wildman–Crippen LogP) is 8.84. The minimum absolute atomic E-state index is 0. The summed E-state index contributed by atoms with van der Waals surface area (Å²) in [4.78, 5) is 13.4. The Labute approximate surface area is 249 Å². The average Bonchev–Trinajstić information content (AvgIpc) is 3.55. The Kier molecular flexibility index (Phi) is 6.66. The van der Waals surface area contributed by atoms with Crippen LogP contribution in [0.25, 0.3) is 54.7 Å². The van der Waals surface area contributed by atoms with Gasteiger partial charge in [0.25, 0.3) is 0 Å². The molecule has 0 bridgehead atoms. The number of hydrogen-bond donors (Lipinski definition) is 0. The fourth-order valence-corrected chi connectivity index (χ4v) is 5.18. The molecule has 0 amide bonds. The van der Waals surface area contributed by atoms with Crippen LogP contribution in [0.15, 0.2) is 83.5 Å². The second kappa shape index (κ2) is 11.2. The number of fused-ring (bicyclic) bond motifs is 5. The SMILES string of the molecule is Cc1nc2c(ccc3c4cc[c-]c(-c5cc(C)c(C)cn5)c4oc32)s1.[2H]C([2H])([2H])c1ccc(-c2[c-]cccc2)nc1.[Ir]. The zero-order valence-corrected chi connectivity index (χ0v) is 24.7. The van der Waals surface area contributed by atoms with Gasteiger partial charge in [0.1, 0.15) is 11.1 Å².